The smallest absolute Gasteiger partial charge is 0.310 e. The fraction of sp³-hybridized carbons (Fsp3) is 0.417. The van der Waals surface area contributed by atoms with Crippen molar-refractivity contribution in [2.24, 2.45) is 0 Å². The second-order valence-electron chi connectivity index (χ2n) is 3.17. The number of ether oxygens (including phenoxy) is 2. The fourth-order valence-electron chi connectivity index (χ4n) is 1.33. The van der Waals surface area contributed by atoms with E-state index < -0.39 is 0 Å². The summed E-state index contributed by atoms with van der Waals surface area (Å²) < 4.78 is 11.3. The molecule has 4 heteroatoms. The molecule has 88 valence electrons. The first-order valence-electron chi connectivity index (χ1n) is 5.24. The van der Waals surface area contributed by atoms with Crippen LogP contribution in [0.2, 0.25) is 0 Å². The third-order valence-electron chi connectivity index (χ3n) is 1.97. The van der Waals surface area contributed by atoms with Crippen molar-refractivity contribution in [3.8, 4) is 5.75 Å². The maximum atomic E-state index is 11.4. The number of esters is 1. The number of benzene rings is 1. The Kier molecular flexibility index (Phi) is 5.32. The second-order valence-corrected chi connectivity index (χ2v) is 4.08. The molecule has 0 aromatic heterocycles. The largest absolute Gasteiger partial charge is 0.494 e. The Morgan fingerprint density at radius 3 is 2.69 bits per heavy atom. The van der Waals surface area contributed by atoms with Gasteiger partial charge in [-0.3, -0.25) is 4.79 Å². The van der Waals surface area contributed by atoms with E-state index in [0.29, 0.717) is 13.2 Å². The normalized spacial score (nSPS) is 9.94. The Bertz CT molecular complexity index is 363. The van der Waals surface area contributed by atoms with Crippen molar-refractivity contribution in [3.63, 3.8) is 0 Å². The zero-order chi connectivity index (χ0) is 12.0. The lowest BCUT2D eigenvalue weighted by molar-refractivity contribution is -0.142. The topological polar surface area (TPSA) is 35.5 Å². The Morgan fingerprint density at radius 1 is 1.31 bits per heavy atom. The molecule has 0 aliphatic heterocycles. The molecule has 0 bridgehead atoms. The summed E-state index contributed by atoms with van der Waals surface area (Å²) in [7, 11) is 0. The maximum Gasteiger partial charge on any atom is 0.310 e. The van der Waals surface area contributed by atoms with Crippen LogP contribution in [-0.4, -0.2) is 19.2 Å². The SMILES string of the molecule is CCOC(=O)Cc1ccc(Br)cc1OCC. The predicted octanol–water partition coefficient (Wildman–Crippen LogP) is 2.95. The highest BCUT2D eigenvalue weighted by Gasteiger charge is 2.10. The number of halogens is 1. The summed E-state index contributed by atoms with van der Waals surface area (Å²) >= 11 is 3.37. The number of hydrogen-bond acceptors (Lipinski definition) is 3. The Balaban J connectivity index is 2.81. The summed E-state index contributed by atoms with van der Waals surface area (Å²) in [5, 5.41) is 0. The molecule has 0 saturated heterocycles. The lowest BCUT2D eigenvalue weighted by atomic mass is 10.1. The third kappa shape index (κ3) is 3.85. The van der Waals surface area contributed by atoms with E-state index in [4.69, 9.17) is 9.47 Å². The lowest BCUT2D eigenvalue weighted by Gasteiger charge is -2.10. The van der Waals surface area contributed by atoms with Gasteiger partial charge in [0.15, 0.2) is 0 Å². The van der Waals surface area contributed by atoms with Gasteiger partial charge in [-0.25, -0.2) is 0 Å². The number of carbonyl (C=O) groups is 1. The van der Waals surface area contributed by atoms with E-state index in [2.05, 4.69) is 15.9 Å². The standard InChI is InChI=1S/C12H15BrO3/c1-3-15-11-8-10(13)6-5-9(11)7-12(14)16-4-2/h5-6,8H,3-4,7H2,1-2H3. The van der Waals surface area contributed by atoms with Gasteiger partial charge >= 0.3 is 5.97 Å². The first-order valence-corrected chi connectivity index (χ1v) is 6.03. The molecule has 0 atom stereocenters. The quantitative estimate of drug-likeness (QED) is 0.781. The van der Waals surface area contributed by atoms with Gasteiger partial charge in [-0.15, -0.1) is 0 Å². The van der Waals surface area contributed by atoms with E-state index in [1.165, 1.54) is 0 Å². The second kappa shape index (κ2) is 6.53. The fourth-order valence-corrected chi connectivity index (χ4v) is 1.67. The lowest BCUT2D eigenvalue weighted by Crippen LogP contribution is -2.09. The van der Waals surface area contributed by atoms with Crippen molar-refractivity contribution >= 4 is 21.9 Å². The molecule has 0 heterocycles. The van der Waals surface area contributed by atoms with Gasteiger partial charge in [0, 0.05) is 10.0 Å². The molecule has 1 rings (SSSR count). The van der Waals surface area contributed by atoms with Crippen LogP contribution in [0.5, 0.6) is 5.75 Å². The molecule has 0 fully saturated rings. The molecule has 1 aromatic rings. The molecular weight excluding hydrogens is 272 g/mol. The zero-order valence-corrected chi connectivity index (χ0v) is 11.0. The van der Waals surface area contributed by atoms with E-state index in [1.807, 2.05) is 25.1 Å². The summed E-state index contributed by atoms with van der Waals surface area (Å²) in [6.45, 7) is 4.68. The van der Waals surface area contributed by atoms with Crippen LogP contribution in [0.15, 0.2) is 22.7 Å². The average molecular weight is 287 g/mol. The van der Waals surface area contributed by atoms with Crippen LogP contribution in [0.3, 0.4) is 0 Å². The highest BCUT2D eigenvalue weighted by atomic mass is 79.9. The molecule has 0 spiro atoms. The third-order valence-corrected chi connectivity index (χ3v) is 2.46. The van der Waals surface area contributed by atoms with E-state index in [9.17, 15) is 4.79 Å². The predicted molar refractivity (Wildman–Crippen MR) is 65.6 cm³/mol. The summed E-state index contributed by atoms with van der Waals surface area (Å²) in [6, 6.07) is 5.61. The minimum atomic E-state index is -0.231. The summed E-state index contributed by atoms with van der Waals surface area (Å²) in [6.07, 6.45) is 0.246. The van der Waals surface area contributed by atoms with Crippen LogP contribution in [0.4, 0.5) is 0 Å². The van der Waals surface area contributed by atoms with Crippen LogP contribution < -0.4 is 4.74 Å². The molecule has 0 N–H and O–H groups in total. The molecule has 0 amide bonds. The van der Waals surface area contributed by atoms with Gasteiger partial charge in [0.2, 0.25) is 0 Å². The van der Waals surface area contributed by atoms with Crippen LogP contribution >= 0.6 is 15.9 Å². The van der Waals surface area contributed by atoms with Gasteiger partial charge in [-0.05, 0) is 26.0 Å². The van der Waals surface area contributed by atoms with Gasteiger partial charge in [0.1, 0.15) is 5.75 Å². The first kappa shape index (κ1) is 13.0. The Labute approximate surface area is 104 Å². The molecule has 16 heavy (non-hydrogen) atoms. The summed E-state index contributed by atoms with van der Waals surface area (Å²) in [5.41, 5.74) is 0.850. The molecular formula is C12H15BrO3. The minimum Gasteiger partial charge on any atom is -0.494 e. The monoisotopic (exact) mass is 286 g/mol. The highest BCUT2D eigenvalue weighted by Crippen LogP contribution is 2.24. The molecule has 0 aliphatic rings. The van der Waals surface area contributed by atoms with Crippen molar-refractivity contribution in [2.45, 2.75) is 20.3 Å². The van der Waals surface area contributed by atoms with E-state index >= 15 is 0 Å². The summed E-state index contributed by atoms with van der Waals surface area (Å²) in [4.78, 5) is 11.4. The van der Waals surface area contributed by atoms with Crippen molar-refractivity contribution < 1.29 is 14.3 Å². The number of rotatable bonds is 5. The summed E-state index contributed by atoms with van der Waals surface area (Å²) in [5.74, 6) is 0.496. The van der Waals surface area contributed by atoms with Crippen molar-refractivity contribution in [1.82, 2.24) is 0 Å². The Hall–Kier alpha value is -1.03. The molecule has 0 unspecified atom stereocenters. The van der Waals surface area contributed by atoms with Crippen LogP contribution in [0.25, 0.3) is 0 Å². The van der Waals surface area contributed by atoms with Crippen molar-refractivity contribution in [2.75, 3.05) is 13.2 Å². The van der Waals surface area contributed by atoms with Crippen LogP contribution in [-0.2, 0) is 16.0 Å². The van der Waals surface area contributed by atoms with Crippen molar-refractivity contribution in [3.05, 3.63) is 28.2 Å². The average Bonchev–Trinajstić information content (AvgIpc) is 2.23. The molecule has 0 radical (unpaired) electrons. The van der Waals surface area contributed by atoms with Gasteiger partial charge < -0.3 is 9.47 Å². The molecule has 0 aliphatic carbocycles. The number of hydrogen-bond donors (Lipinski definition) is 0. The molecule has 1 aromatic carbocycles. The van der Waals surface area contributed by atoms with Gasteiger partial charge in [-0.1, -0.05) is 22.0 Å². The first-order chi connectivity index (χ1) is 7.67. The van der Waals surface area contributed by atoms with Gasteiger partial charge in [0.05, 0.1) is 19.6 Å². The van der Waals surface area contributed by atoms with Crippen LogP contribution in [0, 0.1) is 0 Å². The maximum absolute atomic E-state index is 11.4. The molecule has 0 saturated carbocycles. The zero-order valence-electron chi connectivity index (χ0n) is 9.46. The molecule has 3 nitrogen and oxygen atoms in total. The Morgan fingerprint density at radius 2 is 2.06 bits per heavy atom. The van der Waals surface area contributed by atoms with E-state index in [1.54, 1.807) is 6.92 Å². The minimum absolute atomic E-state index is 0.231. The van der Waals surface area contributed by atoms with Crippen molar-refractivity contribution in [1.29, 1.82) is 0 Å². The van der Waals surface area contributed by atoms with Gasteiger partial charge in [-0.2, -0.15) is 0 Å². The van der Waals surface area contributed by atoms with E-state index in [-0.39, 0.29) is 12.4 Å². The van der Waals surface area contributed by atoms with E-state index in [0.717, 1.165) is 15.8 Å². The van der Waals surface area contributed by atoms with Crippen LogP contribution in [0.1, 0.15) is 19.4 Å². The number of carbonyl (C=O) groups excluding carboxylic acids is 1. The van der Waals surface area contributed by atoms with Gasteiger partial charge in [0.25, 0.3) is 0 Å². The highest BCUT2D eigenvalue weighted by molar-refractivity contribution is 9.10.